The minimum Gasteiger partial charge on any atom is -0.507 e. The number of nitrogens with one attached hydrogen (secondary N) is 2. The van der Waals surface area contributed by atoms with E-state index in [-0.39, 0.29) is 11.4 Å². The number of benzene rings is 1. The van der Waals surface area contributed by atoms with Crippen LogP contribution in [0, 0.1) is 0 Å². The van der Waals surface area contributed by atoms with Crippen molar-refractivity contribution in [1.82, 2.24) is 20.0 Å². The van der Waals surface area contributed by atoms with E-state index >= 15 is 0 Å². The van der Waals surface area contributed by atoms with Gasteiger partial charge in [0.25, 0.3) is 5.91 Å². The molecule has 0 spiro atoms. The number of hydrogen-bond donors (Lipinski definition) is 5. The third-order valence-electron chi connectivity index (χ3n) is 3.79. The molecule has 0 aliphatic rings. The van der Waals surface area contributed by atoms with E-state index < -0.39 is 56.7 Å². The molecule has 1 aromatic carbocycles. The van der Waals surface area contributed by atoms with E-state index in [9.17, 15) is 32.7 Å². The molecule has 0 saturated carbocycles. The maximum atomic E-state index is 12.3. The molecule has 0 bridgehead atoms. The topological polar surface area (TPSA) is 213 Å². The molecule has 1 amide bonds. The van der Waals surface area contributed by atoms with E-state index in [1.165, 1.54) is 0 Å². The second-order valence-electron chi connectivity index (χ2n) is 6.03. The number of phenols is 1. The lowest BCUT2D eigenvalue weighted by Crippen LogP contribution is -2.35. The number of carbonyl (C=O) groups excluding carboxylic acids is 2. The van der Waals surface area contributed by atoms with Crippen molar-refractivity contribution >= 4 is 34.2 Å². The number of aliphatic carboxylic acids is 1. The highest BCUT2D eigenvalue weighted by molar-refractivity contribution is 7.89. The van der Waals surface area contributed by atoms with Crippen LogP contribution in [0.1, 0.15) is 26.5 Å². The second kappa shape index (κ2) is 10.2. The average Bonchev–Trinajstić information content (AvgIpc) is 2.75. The first-order chi connectivity index (χ1) is 15.0. The molecular formula is C18H16N4O9S. The standard InChI is InChI=1S/C18H16N4O9S/c23-9-11(1-4-16(25)26)22-17(27)10-6-19-15(20-7-10)8-21-32(30,31)12-2-3-14(24)13(5-12)18(28)29/h1-7,9,11,21,24H,8H2,(H,22,27)(H,25,26)(H,28,29)/b4-1+/t11-/m0/s1. The Morgan fingerprint density at radius 2 is 1.78 bits per heavy atom. The number of rotatable bonds is 10. The van der Waals surface area contributed by atoms with Crippen LogP contribution in [0.25, 0.3) is 0 Å². The molecule has 13 nitrogen and oxygen atoms in total. The highest BCUT2D eigenvalue weighted by Crippen LogP contribution is 2.21. The number of nitrogens with zero attached hydrogens (tertiary/aromatic N) is 2. The molecule has 0 aliphatic heterocycles. The Morgan fingerprint density at radius 3 is 2.34 bits per heavy atom. The van der Waals surface area contributed by atoms with Crippen LogP contribution in [0.2, 0.25) is 0 Å². The molecule has 0 fully saturated rings. The van der Waals surface area contributed by atoms with E-state index in [0.717, 1.165) is 36.7 Å². The van der Waals surface area contributed by atoms with Gasteiger partial charge in [0.1, 0.15) is 29.5 Å². The van der Waals surface area contributed by atoms with Gasteiger partial charge in [0.2, 0.25) is 10.0 Å². The number of aromatic nitrogens is 2. The molecule has 5 N–H and O–H groups in total. The Labute approximate surface area is 180 Å². The number of carboxylic acid groups (broad SMARTS) is 2. The lowest BCUT2D eigenvalue weighted by molar-refractivity contribution is -0.131. The van der Waals surface area contributed by atoms with Crippen molar-refractivity contribution in [1.29, 1.82) is 0 Å². The highest BCUT2D eigenvalue weighted by Gasteiger charge is 2.19. The fourth-order valence-corrected chi connectivity index (χ4v) is 3.21. The first-order valence-corrected chi connectivity index (χ1v) is 10.1. The molecule has 0 radical (unpaired) electrons. The van der Waals surface area contributed by atoms with Gasteiger partial charge in [-0.3, -0.25) is 4.79 Å². The number of carbonyl (C=O) groups is 4. The SMILES string of the molecule is O=C[C@H](/C=C/C(=O)O)NC(=O)c1cnc(CNS(=O)(=O)c2ccc(O)c(C(=O)O)c2)nc1. The molecular weight excluding hydrogens is 448 g/mol. The predicted octanol–water partition coefficient (Wildman–Crippen LogP) is -0.703. The number of sulfonamides is 1. The van der Waals surface area contributed by atoms with E-state index in [4.69, 9.17) is 10.2 Å². The number of aromatic hydroxyl groups is 1. The van der Waals surface area contributed by atoms with Gasteiger partial charge in [-0.05, 0) is 24.3 Å². The van der Waals surface area contributed by atoms with Gasteiger partial charge in [-0.1, -0.05) is 0 Å². The van der Waals surface area contributed by atoms with Crippen molar-refractivity contribution in [2.24, 2.45) is 0 Å². The lowest BCUT2D eigenvalue weighted by Gasteiger charge is -2.09. The zero-order chi connectivity index (χ0) is 23.9. The van der Waals surface area contributed by atoms with Crippen LogP contribution >= 0.6 is 0 Å². The maximum absolute atomic E-state index is 12.3. The molecule has 1 heterocycles. The van der Waals surface area contributed by atoms with Gasteiger partial charge in [-0.25, -0.2) is 32.7 Å². The van der Waals surface area contributed by atoms with Gasteiger partial charge in [0.05, 0.1) is 17.0 Å². The molecule has 2 rings (SSSR count). The van der Waals surface area contributed by atoms with Crippen molar-refractivity contribution in [2.45, 2.75) is 17.5 Å². The van der Waals surface area contributed by atoms with Gasteiger partial charge in [0, 0.05) is 18.5 Å². The van der Waals surface area contributed by atoms with Crippen molar-refractivity contribution in [3.8, 4) is 5.75 Å². The van der Waals surface area contributed by atoms with Gasteiger partial charge < -0.3 is 25.4 Å². The number of amides is 1. The minimum absolute atomic E-state index is 0.0277. The molecule has 32 heavy (non-hydrogen) atoms. The first kappa shape index (κ1) is 24.1. The number of carboxylic acids is 2. The summed E-state index contributed by atoms with van der Waals surface area (Å²) in [5.74, 6) is -4.20. The van der Waals surface area contributed by atoms with Gasteiger partial charge in [0.15, 0.2) is 0 Å². The quantitative estimate of drug-likeness (QED) is 0.219. The van der Waals surface area contributed by atoms with Crippen LogP contribution in [0.4, 0.5) is 0 Å². The molecule has 0 unspecified atom stereocenters. The Balaban J connectivity index is 2.05. The third kappa shape index (κ3) is 6.41. The van der Waals surface area contributed by atoms with Gasteiger partial charge >= 0.3 is 11.9 Å². The fraction of sp³-hybridized carbons (Fsp3) is 0.111. The van der Waals surface area contributed by atoms with Crippen molar-refractivity contribution < 1.29 is 42.9 Å². The number of aldehydes is 1. The van der Waals surface area contributed by atoms with Crippen LogP contribution in [0.15, 0.2) is 47.6 Å². The molecule has 168 valence electrons. The van der Waals surface area contributed by atoms with E-state index in [1.54, 1.807) is 0 Å². The van der Waals surface area contributed by atoms with E-state index in [0.29, 0.717) is 12.4 Å². The summed E-state index contributed by atoms with van der Waals surface area (Å²) in [6, 6.07) is 1.54. The Hall–Kier alpha value is -4.17. The van der Waals surface area contributed by atoms with Crippen LogP contribution in [0.3, 0.4) is 0 Å². The van der Waals surface area contributed by atoms with E-state index in [2.05, 4.69) is 20.0 Å². The van der Waals surface area contributed by atoms with Crippen molar-refractivity contribution in [3.05, 3.63) is 59.7 Å². The maximum Gasteiger partial charge on any atom is 0.339 e. The third-order valence-corrected chi connectivity index (χ3v) is 5.19. The van der Waals surface area contributed by atoms with Crippen molar-refractivity contribution in [2.75, 3.05) is 0 Å². The fourth-order valence-electron chi connectivity index (χ4n) is 2.21. The average molecular weight is 464 g/mol. The summed E-state index contributed by atoms with van der Waals surface area (Å²) in [6.45, 7) is -0.397. The minimum atomic E-state index is -4.17. The summed E-state index contributed by atoms with van der Waals surface area (Å²) >= 11 is 0. The molecule has 0 aliphatic carbocycles. The van der Waals surface area contributed by atoms with E-state index in [1.807, 2.05) is 0 Å². The second-order valence-corrected chi connectivity index (χ2v) is 7.80. The first-order valence-electron chi connectivity index (χ1n) is 8.57. The summed E-state index contributed by atoms with van der Waals surface area (Å²) < 4.78 is 26.8. The Morgan fingerprint density at radius 1 is 1.12 bits per heavy atom. The monoisotopic (exact) mass is 464 g/mol. The number of hydrogen-bond acceptors (Lipinski definition) is 9. The number of aromatic carboxylic acids is 1. The molecule has 1 atom stereocenters. The Bertz CT molecular complexity index is 1180. The largest absolute Gasteiger partial charge is 0.507 e. The summed E-state index contributed by atoms with van der Waals surface area (Å²) in [5, 5.41) is 29.2. The lowest BCUT2D eigenvalue weighted by atomic mass is 10.2. The summed E-state index contributed by atoms with van der Waals surface area (Å²) in [4.78, 5) is 51.8. The van der Waals surface area contributed by atoms with Crippen molar-refractivity contribution in [3.63, 3.8) is 0 Å². The van der Waals surface area contributed by atoms with Gasteiger partial charge in [-0.15, -0.1) is 0 Å². The summed E-state index contributed by atoms with van der Waals surface area (Å²) in [6.07, 6.45) is 4.12. The Kier molecular flexibility index (Phi) is 7.71. The molecule has 1 aromatic heterocycles. The predicted molar refractivity (Wildman–Crippen MR) is 105 cm³/mol. The van der Waals surface area contributed by atoms with Crippen LogP contribution in [-0.4, -0.2) is 63.9 Å². The molecule has 14 heteroatoms. The van der Waals surface area contributed by atoms with Crippen LogP contribution < -0.4 is 10.0 Å². The zero-order valence-electron chi connectivity index (χ0n) is 16.0. The highest BCUT2D eigenvalue weighted by atomic mass is 32.2. The summed E-state index contributed by atoms with van der Waals surface area (Å²) in [7, 11) is -4.17. The zero-order valence-corrected chi connectivity index (χ0v) is 16.8. The normalized spacial score (nSPS) is 12.2. The van der Waals surface area contributed by atoms with Gasteiger partial charge in [-0.2, -0.15) is 0 Å². The smallest absolute Gasteiger partial charge is 0.339 e. The van der Waals surface area contributed by atoms with Crippen LogP contribution in [-0.2, 0) is 26.2 Å². The van der Waals surface area contributed by atoms with Crippen LogP contribution in [0.5, 0.6) is 5.75 Å². The molecule has 2 aromatic rings. The summed E-state index contributed by atoms with van der Waals surface area (Å²) in [5.41, 5.74) is -0.664. The molecule has 0 saturated heterocycles.